The molecule has 0 fully saturated rings. The topological polar surface area (TPSA) is 12.0 Å². The molecule has 1 unspecified atom stereocenters. The maximum atomic E-state index is 3.70. The number of halogens is 1. The predicted molar refractivity (Wildman–Crippen MR) is 86.5 cm³/mol. The molecule has 3 heteroatoms. The molecular formula is C15H26BrNS. The summed E-state index contributed by atoms with van der Waals surface area (Å²) < 4.78 is 1.26. The number of aryl methyl sites for hydroxylation is 1. The first-order chi connectivity index (χ1) is 8.69. The molecule has 1 heterocycles. The molecule has 1 nitrogen and oxygen atoms in total. The Balaban J connectivity index is 2.56. The summed E-state index contributed by atoms with van der Waals surface area (Å²) in [6.07, 6.45) is 7.86. The van der Waals surface area contributed by atoms with E-state index >= 15 is 0 Å². The number of thiophene rings is 1. The van der Waals surface area contributed by atoms with Gasteiger partial charge in [-0.2, -0.15) is 0 Å². The van der Waals surface area contributed by atoms with Crippen molar-refractivity contribution < 1.29 is 0 Å². The molecular weight excluding hydrogens is 306 g/mol. The molecule has 1 N–H and O–H groups in total. The maximum absolute atomic E-state index is 3.70. The summed E-state index contributed by atoms with van der Waals surface area (Å²) in [4.78, 5) is 1.45. The van der Waals surface area contributed by atoms with Crippen LogP contribution in [0.1, 0.15) is 68.9 Å². The molecule has 104 valence electrons. The molecule has 18 heavy (non-hydrogen) atoms. The zero-order chi connectivity index (χ0) is 13.4. The van der Waals surface area contributed by atoms with E-state index in [-0.39, 0.29) is 0 Å². The Morgan fingerprint density at radius 3 is 2.56 bits per heavy atom. The van der Waals surface area contributed by atoms with Crippen LogP contribution in [0.25, 0.3) is 0 Å². The van der Waals surface area contributed by atoms with Crippen molar-refractivity contribution in [3.05, 3.63) is 20.3 Å². The van der Waals surface area contributed by atoms with Crippen molar-refractivity contribution in [2.45, 2.75) is 65.3 Å². The highest BCUT2D eigenvalue weighted by Gasteiger charge is 2.15. The second kappa shape index (κ2) is 9.11. The highest BCUT2D eigenvalue weighted by molar-refractivity contribution is 9.11. The first-order valence-corrected chi connectivity index (χ1v) is 8.79. The SMILES string of the molecule is CCCCCCC(NCCC)c1cc(Br)sc1C. The van der Waals surface area contributed by atoms with Crippen LogP contribution in [0.15, 0.2) is 9.85 Å². The molecule has 0 aliphatic heterocycles. The first-order valence-electron chi connectivity index (χ1n) is 7.18. The lowest BCUT2D eigenvalue weighted by Gasteiger charge is -2.18. The fourth-order valence-corrected chi connectivity index (χ4v) is 4.04. The van der Waals surface area contributed by atoms with Gasteiger partial charge in [0.25, 0.3) is 0 Å². The van der Waals surface area contributed by atoms with Crippen molar-refractivity contribution >= 4 is 27.3 Å². The molecule has 0 saturated carbocycles. The maximum Gasteiger partial charge on any atom is 0.0704 e. The number of hydrogen-bond acceptors (Lipinski definition) is 2. The van der Waals surface area contributed by atoms with Crippen molar-refractivity contribution in [3.8, 4) is 0 Å². The molecule has 0 amide bonds. The van der Waals surface area contributed by atoms with Gasteiger partial charge in [-0.3, -0.25) is 0 Å². The summed E-state index contributed by atoms with van der Waals surface area (Å²) >= 11 is 5.45. The lowest BCUT2D eigenvalue weighted by Crippen LogP contribution is -2.22. The van der Waals surface area contributed by atoms with Gasteiger partial charge in [-0.15, -0.1) is 11.3 Å². The lowest BCUT2D eigenvalue weighted by molar-refractivity contribution is 0.470. The van der Waals surface area contributed by atoms with Gasteiger partial charge < -0.3 is 5.32 Å². The van der Waals surface area contributed by atoms with Crippen LogP contribution in [0.4, 0.5) is 0 Å². The largest absolute Gasteiger partial charge is 0.310 e. The minimum Gasteiger partial charge on any atom is -0.310 e. The van der Waals surface area contributed by atoms with Crippen LogP contribution in [-0.4, -0.2) is 6.54 Å². The van der Waals surface area contributed by atoms with Gasteiger partial charge in [0.1, 0.15) is 0 Å². The van der Waals surface area contributed by atoms with Gasteiger partial charge in [-0.05, 0) is 53.9 Å². The second-order valence-electron chi connectivity index (χ2n) is 4.92. The van der Waals surface area contributed by atoms with E-state index in [9.17, 15) is 0 Å². The van der Waals surface area contributed by atoms with Crippen LogP contribution in [0.2, 0.25) is 0 Å². The molecule has 0 aliphatic rings. The number of rotatable bonds is 9. The Morgan fingerprint density at radius 1 is 1.22 bits per heavy atom. The van der Waals surface area contributed by atoms with E-state index in [0.29, 0.717) is 6.04 Å². The van der Waals surface area contributed by atoms with Crippen LogP contribution in [0.3, 0.4) is 0 Å². The lowest BCUT2D eigenvalue weighted by atomic mass is 10.0. The van der Waals surface area contributed by atoms with Crippen LogP contribution in [0, 0.1) is 6.92 Å². The van der Waals surface area contributed by atoms with Gasteiger partial charge >= 0.3 is 0 Å². The number of unbranched alkanes of at least 4 members (excludes halogenated alkanes) is 3. The minimum atomic E-state index is 0.546. The molecule has 1 aromatic rings. The van der Waals surface area contributed by atoms with Crippen LogP contribution in [0.5, 0.6) is 0 Å². The molecule has 1 aromatic heterocycles. The fraction of sp³-hybridized carbons (Fsp3) is 0.733. The molecule has 1 rings (SSSR count). The quantitative estimate of drug-likeness (QED) is 0.561. The third-order valence-electron chi connectivity index (χ3n) is 3.29. The fourth-order valence-electron chi connectivity index (χ4n) is 2.27. The molecule has 0 aliphatic carbocycles. The molecule has 0 radical (unpaired) electrons. The normalized spacial score (nSPS) is 12.9. The van der Waals surface area contributed by atoms with Crippen LogP contribution < -0.4 is 5.32 Å². The van der Waals surface area contributed by atoms with Gasteiger partial charge in [-0.1, -0.05) is 39.5 Å². The van der Waals surface area contributed by atoms with E-state index in [1.165, 1.54) is 52.8 Å². The van der Waals surface area contributed by atoms with Crippen molar-refractivity contribution in [1.82, 2.24) is 5.32 Å². The average Bonchev–Trinajstić information content (AvgIpc) is 2.68. The van der Waals surface area contributed by atoms with Gasteiger partial charge in [-0.25, -0.2) is 0 Å². The summed E-state index contributed by atoms with van der Waals surface area (Å²) in [7, 11) is 0. The van der Waals surface area contributed by atoms with E-state index in [0.717, 1.165) is 6.54 Å². The minimum absolute atomic E-state index is 0.546. The van der Waals surface area contributed by atoms with E-state index in [2.05, 4.69) is 48.1 Å². The van der Waals surface area contributed by atoms with Crippen LogP contribution >= 0.6 is 27.3 Å². The Kier molecular flexibility index (Phi) is 8.20. The average molecular weight is 332 g/mol. The zero-order valence-electron chi connectivity index (χ0n) is 11.9. The zero-order valence-corrected chi connectivity index (χ0v) is 14.3. The van der Waals surface area contributed by atoms with Crippen molar-refractivity contribution in [3.63, 3.8) is 0 Å². The Labute approximate surface area is 125 Å². The third-order valence-corrected chi connectivity index (χ3v) is 4.86. The van der Waals surface area contributed by atoms with Crippen molar-refractivity contribution in [1.29, 1.82) is 0 Å². The standard InChI is InChI=1S/C15H26BrNS/c1-4-6-7-8-9-14(17-10-5-2)13-11-15(16)18-12(13)3/h11,14,17H,4-10H2,1-3H3. The summed E-state index contributed by atoms with van der Waals surface area (Å²) in [5, 5.41) is 3.70. The van der Waals surface area contributed by atoms with Crippen LogP contribution in [-0.2, 0) is 0 Å². The summed E-state index contributed by atoms with van der Waals surface area (Å²) in [5.41, 5.74) is 1.50. The van der Waals surface area contributed by atoms with E-state index in [1.807, 2.05) is 11.3 Å². The van der Waals surface area contributed by atoms with Crippen molar-refractivity contribution in [2.75, 3.05) is 6.54 Å². The Morgan fingerprint density at radius 2 is 2.00 bits per heavy atom. The van der Waals surface area contributed by atoms with E-state index in [4.69, 9.17) is 0 Å². The third kappa shape index (κ3) is 5.41. The Hall–Kier alpha value is 0.140. The first kappa shape index (κ1) is 16.2. The smallest absolute Gasteiger partial charge is 0.0704 e. The number of hydrogen-bond donors (Lipinski definition) is 1. The van der Waals surface area contributed by atoms with E-state index < -0.39 is 0 Å². The molecule has 1 atom stereocenters. The predicted octanol–water partition coefficient (Wildman–Crippen LogP) is 5.83. The van der Waals surface area contributed by atoms with Crippen molar-refractivity contribution in [2.24, 2.45) is 0 Å². The van der Waals surface area contributed by atoms with Gasteiger partial charge in [0.2, 0.25) is 0 Å². The molecule has 0 aromatic carbocycles. The van der Waals surface area contributed by atoms with E-state index in [1.54, 1.807) is 0 Å². The molecule has 0 spiro atoms. The highest BCUT2D eigenvalue weighted by Crippen LogP contribution is 2.32. The van der Waals surface area contributed by atoms with Gasteiger partial charge in [0, 0.05) is 10.9 Å². The monoisotopic (exact) mass is 331 g/mol. The van der Waals surface area contributed by atoms with Gasteiger partial charge in [0.05, 0.1) is 3.79 Å². The Bertz CT molecular complexity index is 335. The highest BCUT2D eigenvalue weighted by atomic mass is 79.9. The second-order valence-corrected chi connectivity index (χ2v) is 7.55. The summed E-state index contributed by atoms with van der Waals surface area (Å²) in [6.45, 7) is 7.85. The summed E-state index contributed by atoms with van der Waals surface area (Å²) in [5.74, 6) is 0. The molecule has 0 bridgehead atoms. The summed E-state index contributed by atoms with van der Waals surface area (Å²) in [6, 6.07) is 2.84. The number of nitrogens with one attached hydrogen (secondary N) is 1. The molecule has 0 saturated heterocycles. The van der Waals surface area contributed by atoms with Gasteiger partial charge in [0.15, 0.2) is 0 Å².